The first kappa shape index (κ1) is 19.9. The predicted molar refractivity (Wildman–Crippen MR) is 103 cm³/mol. The molecule has 4 aliphatic carbocycles. The van der Waals surface area contributed by atoms with Crippen LogP contribution < -0.4 is 0 Å². The van der Waals surface area contributed by atoms with E-state index in [1.807, 2.05) is 0 Å². The Hall–Kier alpha value is -1.39. The summed E-state index contributed by atoms with van der Waals surface area (Å²) in [6.45, 7) is 5.93. The maximum absolute atomic E-state index is 12.9. The van der Waals surface area contributed by atoms with Crippen LogP contribution in [-0.4, -0.2) is 30.9 Å². The summed E-state index contributed by atoms with van der Waals surface area (Å²) in [7, 11) is 1.39. The molecule has 4 fully saturated rings. The SMILES string of the molecule is COC(=O)C1(OC(C)=O)CC23CCC4C(C)(C=O)CCCC4(C)C2CCC1C3. The van der Waals surface area contributed by atoms with Crippen LogP contribution in [-0.2, 0) is 23.9 Å². The van der Waals surface area contributed by atoms with Crippen LogP contribution in [0.2, 0.25) is 0 Å². The fourth-order valence-electron chi connectivity index (χ4n) is 8.49. The van der Waals surface area contributed by atoms with Crippen LogP contribution in [0.15, 0.2) is 0 Å². The molecule has 2 bridgehead atoms. The Kier molecular flexibility index (Phi) is 4.48. The Morgan fingerprint density at radius 2 is 1.79 bits per heavy atom. The number of methoxy groups -OCH3 is 1. The summed E-state index contributed by atoms with van der Waals surface area (Å²) >= 11 is 0. The van der Waals surface area contributed by atoms with Gasteiger partial charge in [-0.25, -0.2) is 4.79 Å². The summed E-state index contributed by atoms with van der Waals surface area (Å²) in [5.41, 5.74) is -1.24. The molecule has 0 amide bonds. The zero-order chi connectivity index (χ0) is 20.4. The summed E-state index contributed by atoms with van der Waals surface area (Å²) in [5.74, 6) is 0.120. The monoisotopic (exact) mass is 390 g/mol. The number of esters is 2. The van der Waals surface area contributed by atoms with Gasteiger partial charge in [-0.15, -0.1) is 0 Å². The van der Waals surface area contributed by atoms with E-state index in [0.29, 0.717) is 18.3 Å². The molecule has 7 unspecified atom stereocenters. The molecule has 0 saturated heterocycles. The molecule has 4 saturated carbocycles. The summed E-state index contributed by atoms with van der Waals surface area (Å²) in [5, 5.41) is 0. The van der Waals surface area contributed by atoms with Gasteiger partial charge in [0.1, 0.15) is 6.29 Å². The summed E-state index contributed by atoms with van der Waals surface area (Å²) in [6.07, 6.45) is 9.92. The predicted octanol–water partition coefficient (Wildman–Crippen LogP) is 4.07. The van der Waals surface area contributed by atoms with E-state index in [1.165, 1.54) is 20.3 Å². The minimum atomic E-state index is -1.12. The van der Waals surface area contributed by atoms with E-state index in [-0.39, 0.29) is 28.1 Å². The van der Waals surface area contributed by atoms with Crippen molar-refractivity contribution in [2.45, 2.75) is 84.2 Å². The molecule has 0 aliphatic heterocycles. The van der Waals surface area contributed by atoms with E-state index in [0.717, 1.165) is 51.4 Å². The second kappa shape index (κ2) is 6.30. The van der Waals surface area contributed by atoms with Crippen molar-refractivity contribution >= 4 is 18.2 Å². The van der Waals surface area contributed by atoms with Gasteiger partial charge in [0.2, 0.25) is 5.60 Å². The molecule has 5 heteroatoms. The van der Waals surface area contributed by atoms with Gasteiger partial charge in [0, 0.05) is 24.7 Å². The van der Waals surface area contributed by atoms with Crippen molar-refractivity contribution < 1.29 is 23.9 Å². The van der Waals surface area contributed by atoms with Gasteiger partial charge in [-0.2, -0.15) is 0 Å². The number of aldehydes is 1. The minimum absolute atomic E-state index is 0.0128. The Labute approximate surface area is 167 Å². The molecular weight excluding hydrogens is 356 g/mol. The first-order chi connectivity index (χ1) is 13.2. The van der Waals surface area contributed by atoms with Crippen LogP contribution in [0.5, 0.6) is 0 Å². The number of fused-ring (bicyclic) bond motifs is 3. The quantitative estimate of drug-likeness (QED) is 0.537. The molecule has 156 valence electrons. The number of carbonyl (C=O) groups is 3. The lowest BCUT2D eigenvalue weighted by molar-refractivity contribution is -0.185. The third-order valence-corrected chi connectivity index (χ3v) is 9.35. The third kappa shape index (κ3) is 2.46. The van der Waals surface area contributed by atoms with Crippen LogP contribution in [0.1, 0.15) is 78.6 Å². The van der Waals surface area contributed by atoms with Crippen LogP contribution in [0, 0.1) is 34.0 Å². The Morgan fingerprint density at radius 3 is 2.43 bits per heavy atom. The summed E-state index contributed by atoms with van der Waals surface area (Å²) in [6, 6.07) is 0. The molecule has 0 aromatic heterocycles. The second-order valence-electron chi connectivity index (χ2n) is 10.6. The molecule has 0 N–H and O–H groups in total. The van der Waals surface area contributed by atoms with E-state index in [1.54, 1.807) is 0 Å². The molecule has 0 aromatic carbocycles. The van der Waals surface area contributed by atoms with Gasteiger partial charge in [0.25, 0.3) is 0 Å². The number of hydrogen-bond donors (Lipinski definition) is 0. The molecule has 4 aliphatic rings. The van der Waals surface area contributed by atoms with Crippen LogP contribution in [0.4, 0.5) is 0 Å². The minimum Gasteiger partial charge on any atom is -0.466 e. The number of carbonyl (C=O) groups excluding carboxylic acids is 3. The van der Waals surface area contributed by atoms with Gasteiger partial charge in [-0.3, -0.25) is 4.79 Å². The highest BCUT2D eigenvalue weighted by molar-refractivity contribution is 5.84. The maximum Gasteiger partial charge on any atom is 0.350 e. The van der Waals surface area contributed by atoms with Crippen molar-refractivity contribution in [3.05, 3.63) is 0 Å². The maximum atomic E-state index is 12.9. The van der Waals surface area contributed by atoms with Gasteiger partial charge in [0.05, 0.1) is 7.11 Å². The third-order valence-electron chi connectivity index (χ3n) is 9.35. The van der Waals surface area contributed by atoms with E-state index in [2.05, 4.69) is 13.8 Å². The second-order valence-corrected chi connectivity index (χ2v) is 10.6. The van der Waals surface area contributed by atoms with Gasteiger partial charge in [-0.1, -0.05) is 20.3 Å². The topological polar surface area (TPSA) is 69.7 Å². The van der Waals surface area contributed by atoms with Gasteiger partial charge in [0.15, 0.2) is 0 Å². The van der Waals surface area contributed by atoms with E-state index < -0.39 is 11.6 Å². The zero-order valence-corrected chi connectivity index (χ0v) is 17.7. The zero-order valence-electron chi connectivity index (χ0n) is 17.7. The highest BCUT2D eigenvalue weighted by atomic mass is 16.6. The van der Waals surface area contributed by atoms with E-state index in [4.69, 9.17) is 9.47 Å². The van der Waals surface area contributed by atoms with E-state index in [9.17, 15) is 14.4 Å². The van der Waals surface area contributed by atoms with Gasteiger partial charge < -0.3 is 14.3 Å². The van der Waals surface area contributed by atoms with Crippen molar-refractivity contribution in [1.82, 2.24) is 0 Å². The van der Waals surface area contributed by atoms with Crippen LogP contribution in [0.3, 0.4) is 0 Å². The lowest BCUT2D eigenvalue weighted by Gasteiger charge is -2.63. The number of hydrogen-bond acceptors (Lipinski definition) is 5. The highest BCUT2D eigenvalue weighted by Crippen LogP contribution is 2.73. The molecule has 1 spiro atoms. The van der Waals surface area contributed by atoms with Crippen molar-refractivity contribution in [2.75, 3.05) is 7.11 Å². The largest absolute Gasteiger partial charge is 0.466 e. The molecule has 0 aromatic rings. The van der Waals surface area contributed by atoms with Crippen molar-refractivity contribution in [2.24, 2.45) is 34.0 Å². The Bertz CT molecular complexity index is 703. The van der Waals surface area contributed by atoms with Crippen molar-refractivity contribution in [1.29, 1.82) is 0 Å². The normalized spacial score (nSPS) is 49.5. The lowest BCUT2D eigenvalue weighted by atomic mass is 9.41. The molecule has 28 heavy (non-hydrogen) atoms. The molecular formula is C23H34O5. The van der Waals surface area contributed by atoms with Crippen molar-refractivity contribution in [3.63, 3.8) is 0 Å². The van der Waals surface area contributed by atoms with Crippen molar-refractivity contribution in [3.8, 4) is 0 Å². The summed E-state index contributed by atoms with van der Waals surface area (Å²) < 4.78 is 10.9. The highest BCUT2D eigenvalue weighted by Gasteiger charge is 2.71. The Balaban J connectivity index is 1.73. The van der Waals surface area contributed by atoms with Gasteiger partial charge in [-0.05, 0) is 67.6 Å². The first-order valence-corrected chi connectivity index (χ1v) is 10.9. The summed E-state index contributed by atoms with van der Waals surface area (Å²) in [4.78, 5) is 36.8. The number of ether oxygens (including phenoxy) is 2. The molecule has 0 heterocycles. The van der Waals surface area contributed by atoms with E-state index >= 15 is 0 Å². The molecule has 4 rings (SSSR count). The lowest BCUT2D eigenvalue weighted by Crippen LogP contribution is -2.56. The molecule has 7 atom stereocenters. The average molecular weight is 391 g/mol. The fraction of sp³-hybridized carbons (Fsp3) is 0.870. The Morgan fingerprint density at radius 1 is 1.04 bits per heavy atom. The first-order valence-electron chi connectivity index (χ1n) is 10.9. The number of rotatable bonds is 3. The van der Waals surface area contributed by atoms with Gasteiger partial charge >= 0.3 is 11.9 Å². The average Bonchev–Trinajstić information content (AvgIpc) is 2.87. The van der Waals surface area contributed by atoms with Crippen LogP contribution in [0.25, 0.3) is 0 Å². The smallest absolute Gasteiger partial charge is 0.350 e. The molecule has 0 radical (unpaired) electrons. The fourth-order valence-corrected chi connectivity index (χ4v) is 8.49. The molecule has 5 nitrogen and oxygen atoms in total. The van der Waals surface area contributed by atoms with Crippen LogP contribution >= 0.6 is 0 Å². The standard InChI is InChI=1S/C23H34O5/c1-15(25)28-23(19(26)27-4)13-22-11-8-17-20(2,14-24)9-5-10-21(17,3)18(22)7-6-16(23)12-22/h14,16-18H,5-13H2,1-4H3.